The molecule has 1 N–H and O–H groups in total. The molecule has 0 fully saturated rings. The number of hydrogen-bond donors (Lipinski definition) is 1. The first-order valence-corrected chi connectivity index (χ1v) is 10.9. The van der Waals surface area contributed by atoms with E-state index in [1.54, 1.807) is 0 Å². The largest absolute Gasteiger partial charge is 0.484 e. The lowest BCUT2D eigenvalue weighted by molar-refractivity contribution is -0.118. The predicted molar refractivity (Wildman–Crippen MR) is 115 cm³/mol. The molecule has 1 heterocycles. The van der Waals surface area contributed by atoms with Crippen molar-refractivity contribution >= 4 is 50.8 Å². The van der Waals surface area contributed by atoms with Crippen LogP contribution in [0.1, 0.15) is 47.5 Å². The summed E-state index contributed by atoms with van der Waals surface area (Å²) in [4.78, 5) is 26.2. The highest BCUT2D eigenvalue weighted by molar-refractivity contribution is 14.1. The third kappa shape index (κ3) is 5.22. The maximum atomic E-state index is 12.6. The summed E-state index contributed by atoms with van der Waals surface area (Å²) in [5.74, 6) is -0.0144. The summed E-state index contributed by atoms with van der Waals surface area (Å²) < 4.78 is 12.0. The molecule has 0 atom stereocenters. The molecule has 0 aliphatic heterocycles. The van der Waals surface area contributed by atoms with Gasteiger partial charge in [-0.3, -0.25) is 4.79 Å². The van der Waals surface area contributed by atoms with Gasteiger partial charge in [-0.05, 0) is 92.0 Å². The summed E-state index contributed by atoms with van der Waals surface area (Å²) in [6.45, 7) is 3.54. The summed E-state index contributed by atoms with van der Waals surface area (Å²) in [6.07, 6.45) is 3.74. The highest BCUT2D eigenvalue weighted by Gasteiger charge is 2.27. The van der Waals surface area contributed by atoms with Crippen molar-refractivity contribution in [3.05, 3.63) is 43.8 Å². The number of benzene rings is 1. The minimum absolute atomic E-state index is 0.109. The van der Waals surface area contributed by atoms with Gasteiger partial charge in [-0.2, -0.15) is 0 Å². The molecule has 0 saturated carbocycles. The number of fused-ring (bicyclic) bond motifs is 1. The van der Waals surface area contributed by atoms with Crippen molar-refractivity contribution in [3.8, 4) is 5.75 Å². The number of aryl methyl sites for hydroxylation is 1. The van der Waals surface area contributed by atoms with Crippen LogP contribution in [0, 0.1) is 3.57 Å². The SMILES string of the molecule is CC(C)OC(=O)c1c(NC(=O)COc2ccc(I)cc2)sc2c1CCCC2. The van der Waals surface area contributed by atoms with Gasteiger partial charge in [0.2, 0.25) is 0 Å². The lowest BCUT2D eigenvalue weighted by atomic mass is 9.95. The number of carbonyl (C=O) groups excluding carboxylic acids is 2. The van der Waals surface area contributed by atoms with Crippen LogP contribution in [0.15, 0.2) is 24.3 Å². The molecule has 0 saturated heterocycles. The zero-order chi connectivity index (χ0) is 19.4. The zero-order valence-corrected chi connectivity index (χ0v) is 18.3. The van der Waals surface area contributed by atoms with Gasteiger partial charge in [-0.25, -0.2) is 4.79 Å². The first kappa shape index (κ1) is 20.1. The van der Waals surface area contributed by atoms with Gasteiger partial charge in [-0.1, -0.05) is 0 Å². The molecule has 0 bridgehead atoms. The number of ether oxygens (including phenoxy) is 2. The van der Waals surface area contributed by atoms with Gasteiger partial charge in [0.1, 0.15) is 10.8 Å². The van der Waals surface area contributed by atoms with E-state index in [1.807, 2.05) is 38.1 Å². The second kappa shape index (κ2) is 9.05. The molecule has 5 nitrogen and oxygen atoms in total. The molecule has 7 heteroatoms. The lowest BCUT2D eigenvalue weighted by Crippen LogP contribution is -2.22. The van der Waals surface area contributed by atoms with Crippen LogP contribution in [0.4, 0.5) is 5.00 Å². The Kier molecular flexibility index (Phi) is 6.75. The molecular weight excluding hydrogens is 477 g/mol. The molecule has 0 unspecified atom stereocenters. The molecule has 1 amide bonds. The average molecular weight is 499 g/mol. The van der Waals surface area contributed by atoms with E-state index < -0.39 is 0 Å². The Labute approximate surface area is 176 Å². The number of anilines is 1. The number of hydrogen-bond acceptors (Lipinski definition) is 5. The topological polar surface area (TPSA) is 64.6 Å². The molecular formula is C20H22INO4S. The Balaban J connectivity index is 1.73. The van der Waals surface area contributed by atoms with E-state index in [-0.39, 0.29) is 24.6 Å². The second-order valence-electron chi connectivity index (χ2n) is 6.66. The Hall–Kier alpha value is -1.61. The molecule has 3 rings (SSSR count). The van der Waals surface area contributed by atoms with E-state index in [1.165, 1.54) is 16.2 Å². The molecule has 2 aromatic rings. The molecule has 0 radical (unpaired) electrons. The lowest BCUT2D eigenvalue weighted by Gasteiger charge is -2.14. The minimum atomic E-state index is -0.363. The van der Waals surface area contributed by atoms with E-state index in [0.717, 1.165) is 34.8 Å². The fourth-order valence-corrected chi connectivity index (χ4v) is 4.64. The quantitative estimate of drug-likeness (QED) is 0.458. The van der Waals surface area contributed by atoms with Crippen molar-refractivity contribution in [2.45, 2.75) is 45.6 Å². The molecule has 1 aromatic heterocycles. The van der Waals surface area contributed by atoms with Crippen LogP contribution < -0.4 is 10.1 Å². The van der Waals surface area contributed by atoms with Crippen molar-refractivity contribution in [2.75, 3.05) is 11.9 Å². The van der Waals surface area contributed by atoms with Gasteiger partial charge in [0, 0.05) is 8.45 Å². The molecule has 1 aliphatic carbocycles. The van der Waals surface area contributed by atoms with E-state index in [0.29, 0.717) is 16.3 Å². The van der Waals surface area contributed by atoms with Crippen molar-refractivity contribution < 1.29 is 19.1 Å². The smallest absolute Gasteiger partial charge is 0.341 e. The standard InChI is InChI=1S/C20H22INO4S/c1-12(2)26-20(24)18-15-5-3-4-6-16(15)27-19(18)22-17(23)11-25-14-9-7-13(21)8-10-14/h7-10,12H,3-6,11H2,1-2H3,(H,22,23). The molecule has 1 aromatic carbocycles. The van der Waals surface area contributed by atoms with Crippen LogP contribution in [0.5, 0.6) is 5.75 Å². The van der Waals surface area contributed by atoms with Crippen molar-refractivity contribution in [1.29, 1.82) is 0 Å². The summed E-state index contributed by atoms with van der Waals surface area (Å²) in [7, 11) is 0. The predicted octanol–water partition coefficient (Wildman–Crippen LogP) is 4.81. The van der Waals surface area contributed by atoms with Gasteiger partial charge in [0.25, 0.3) is 5.91 Å². The number of amides is 1. The normalized spacial score (nSPS) is 13.2. The Bertz CT molecular complexity index is 829. The number of esters is 1. The fourth-order valence-electron chi connectivity index (χ4n) is 2.99. The average Bonchev–Trinajstić information content (AvgIpc) is 2.98. The molecule has 27 heavy (non-hydrogen) atoms. The Morgan fingerprint density at radius 2 is 1.89 bits per heavy atom. The van der Waals surface area contributed by atoms with Crippen molar-refractivity contribution in [3.63, 3.8) is 0 Å². The van der Waals surface area contributed by atoms with Crippen molar-refractivity contribution in [2.24, 2.45) is 0 Å². The molecule has 1 aliphatic rings. The zero-order valence-electron chi connectivity index (χ0n) is 15.3. The number of thiophene rings is 1. The number of rotatable bonds is 6. The van der Waals surface area contributed by atoms with Gasteiger partial charge in [-0.15, -0.1) is 11.3 Å². The number of nitrogens with one attached hydrogen (secondary N) is 1. The third-order valence-electron chi connectivity index (χ3n) is 4.15. The summed E-state index contributed by atoms with van der Waals surface area (Å²) in [5, 5.41) is 3.43. The highest BCUT2D eigenvalue weighted by atomic mass is 127. The Morgan fingerprint density at radius 3 is 2.59 bits per heavy atom. The number of halogens is 1. The summed E-state index contributed by atoms with van der Waals surface area (Å²) >= 11 is 3.69. The molecule has 0 spiro atoms. The van der Waals surface area contributed by atoms with E-state index in [4.69, 9.17) is 9.47 Å². The van der Waals surface area contributed by atoms with E-state index >= 15 is 0 Å². The van der Waals surface area contributed by atoms with Crippen LogP contribution in [0.3, 0.4) is 0 Å². The summed E-state index contributed by atoms with van der Waals surface area (Å²) in [5.41, 5.74) is 1.55. The van der Waals surface area contributed by atoms with Crippen LogP contribution >= 0.6 is 33.9 Å². The molecule has 144 valence electrons. The third-order valence-corrected chi connectivity index (χ3v) is 6.08. The van der Waals surface area contributed by atoms with Crippen LogP contribution in [0.25, 0.3) is 0 Å². The fraction of sp³-hybridized carbons (Fsp3) is 0.400. The second-order valence-corrected chi connectivity index (χ2v) is 9.01. The van der Waals surface area contributed by atoms with Gasteiger partial charge >= 0.3 is 5.97 Å². The maximum Gasteiger partial charge on any atom is 0.341 e. The monoisotopic (exact) mass is 499 g/mol. The van der Waals surface area contributed by atoms with Gasteiger partial charge < -0.3 is 14.8 Å². The first-order chi connectivity index (χ1) is 12.9. The maximum absolute atomic E-state index is 12.6. The van der Waals surface area contributed by atoms with Crippen LogP contribution in [-0.4, -0.2) is 24.6 Å². The van der Waals surface area contributed by atoms with Crippen LogP contribution in [-0.2, 0) is 22.4 Å². The van der Waals surface area contributed by atoms with Crippen molar-refractivity contribution in [1.82, 2.24) is 0 Å². The van der Waals surface area contributed by atoms with Crippen LogP contribution in [0.2, 0.25) is 0 Å². The highest BCUT2D eigenvalue weighted by Crippen LogP contribution is 2.38. The minimum Gasteiger partial charge on any atom is -0.484 e. The number of carbonyl (C=O) groups is 2. The summed E-state index contributed by atoms with van der Waals surface area (Å²) in [6, 6.07) is 7.48. The Morgan fingerprint density at radius 1 is 1.19 bits per heavy atom. The van der Waals surface area contributed by atoms with E-state index in [9.17, 15) is 9.59 Å². The van der Waals surface area contributed by atoms with Gasteiger partial charge in [0.05, 0.1) is 11.7 Å². The van der Waals surface area contributed by atoms with E-state index in [2.05, 4.69) is 27.9 Å². The van der Waals surface area contributed by atoms with Gasteiger partial charge in [0.15, 0.2) is 6.61 Å². The first-order valence-electron chi connectivity index (χ1n) is 8.97.